The molecule has 9 nitrogen and oxygen atoms in total. The smallest absolute Gasteiger partial charge is 0.358 e. The number of ether oxygens (including phenoxy) is 2. The molecule has 0 aliphatic carbocycles. The molecular formula is C21H18F2N6O3. The van der Waals surface area contributed by atoms with Crippen LogP contribution < -0.4 is 4.74 Å². The number of benzene rings is 1. The molecule has 4 aromatic rings. The van der Waals surface area contributed by atoms with E-state index in [0.29, 0.717) is 11.5 Å². The second-order valence-corrected chi connectivity index (χ2v) is 6.75. The highest BCUT2D eigenvalue weighted by Crippen LogP contribution is 2.22. The van der Waals surface area contributed by atoms with Crippen molar-refractivity contribution in [1.29, 1.82) is 0 Å². The molecule has 0 saturated carbocycles. The van der Waals surface area contributed by atoms with Crippen LogP contribution in [0.4, 0.5) is 8.78 Å². The van der Waals surface area contributed by atoms with Crippen molar-refractivity contribution in [1.82, 2.24) is 29.5 Å². The zero-order valence-corrected chi connectivity index (χ0v) is 17.1. The van der Waals surface area contributed by atoms with E-state index in [1.165, 1.54) is 36.3 Å². The van der Waals surface area contributed by atoms with E-state index in [9.17, 15) is 13.6 Å². The number of carbonyl (C=O) groups excluding carboxylic acids is 1. The number of nitrogens with zero attached hydrogens (tertiary/aromatic N) is 6. The Morgan fingerprint density at radius 2 is 1.91 bits per heavy atom. The van der Waals surface area contributed by atoms with Gasteiger partial charge in [0.1, 0.15) is 12.9 Å². The van der Waals surface area contributed by atoms with Crippen LogP contribution in [0.25, 0.3) is 11.5 Å². The minimum Gasteiger partial charge on any atom is -0.470 e. The van der Waals surface area contributed by atoms with Gasteiger partial charge in [0.25, 0.3) is 6.43 Å². The van der Waals surface area contributed by atoms with Crippen LogP contribution >= 0.6 is 0 Å². The summed E-state index contributed by atoms with van der Waals surface area (Å²) in [5, 5.41) is 12.4. The summed E-state index contributed by atoms with van der Waals surface area (Å²) < 4.78 is 39.1. The molecule has 0 atom stereocenters. The van der Waals surface area contributed by atoms with Gasteiger partial charge in [0.2, 0.25) is 5.88 Å². The summed E-state index contributed by atoms with van der Waals surface area (Å²) in [5.41, 5.74) is 2.37. The molecule has 3 aromatic heterocycles. The Bertz CT molecular complexity index is 1220. The van der Waals surface area contributed by atoms with Crippen LogP contribution in [0.1, 0.15) is 33.7 Å². The van der Waals surface area contributed by atoms with E-state index < -0.39 is 12.4 Å². The van der Waals surface area contributed by atoms with Crippen LogP contribution in [-0.4, -0.2) is 42.6 Å². The molecule has 0 aliphatic heterocycles. The fourth-order valence-corrected chi connectivity index (χ4v) is 2.94. The second-order valence-electron chi connectivity index (χ2n) is 6.75. The summed E-state index contributed by atoms with van der Waals surface area (Å²) in [5.74, 6) is 0.176. The molecule has 0 N–H and O–H groups in total. The van der Waals surface area contributed by atoms with Crippen molar-refractivity contribution in [2.45, 2.75) is 20.0 Å². The lowest BCUT2D eigenvalue weighted by Crippen LogP contribution is -2.08. The Morgan fingerprint density at radius 1 is 1.12 bits per heavy atom. The van der Waals surface area contributed by atoms with E-state index in [1.54, 1.807) is 35.1 Å². The third-order valence-corrected chi connectivity index (χ3v) is 4.69. The van der Waals surface area contributed by atoms with Gasteiger partial charge < -0.3 is 9.47 Å². The maximum absolute atomic E-state index is 12.8. The number of rotatable bonds is 7. The Kier molecular flexibility index (Phi) is 5.88. The van der Waals surface area contributed by atoms with Gasteiger partial charge in [-0.25, -0.2) is 23.2 Å². The van der Waals surface area contributed by atoms with Crippen molar-refractivity contribution >= 4 is 5.97 Å². The van der Waals surface area contributed by atoms with Crippen molar-refractivity contribution in [2.75, 3.05) is 7.11 Å². The Balaban J connectivity index is 1.47. The highest BCUT2D eigenvalue weighted by Gasteiger charge is 2.14. The van der Waals surface area contributed by atoms with E-state index in [0.717, 1.165) is 11.3 Å². The SMILES string of the molecule is COC(=O)c1cn(-c2ccc(OCc3c(C)cnn3-c3ccc(C(F)F)cc3)nn2)cn1. The number of hydrogen-bond donors (Lipinski definition) is 0. The van der Waals surface area contributed by atoms with E-state index in [2.05, 4.69) is 25.0 Å². The van der Waals surface area contributed by atoms with Crippen LogP contribution in [-0.2, 0) is 11.3 Å². The predicted octanol–water partition coefficient (Wildman–Crippen LogP) is 3.46. The first-order valence-electron chi connectivity index (χ1n) is 9.47. The second kappa shape index (κ2) is 8.92. The molecule has 4 rings (SSSR count). The molecule has 0 amide bonds. The van der Waals surface area contributed by atoms with E-state index in [1.807, 2.05) is 6.92 Å². The van der Waals surface area contributed by atoms with Gasteiger partial charge in [0, 0.05) is 17.8 Å². The number of imidazole rings is 1. The highest BCUT2D eigenvalue weighted by atomic mass is 19.3. The Morgan fingerprint density at radius 3 is 2.56 bits per heavy atom. The fourth-order valence-electron chi connectivity index (χ4n) is 2.94. The number of esters is 1. The molecule has 1 aromatic carbocycles. The quantitative estimate of drug-likeness (QED) is 0.406. The summed E-state index contributed by atoms with van der Waals surface area (Å²) in [6.07, 6.45) is 2.06. The van der Waals surface area contributed by atoms with Crippen molar-refractivity contribution in [3.8, 4) is 17.4 Å². The minimum atomic E-state index is -2.53. The molecule has 0 saturated heterocycles. The summed E-state index contributed by atoms with van der Waals surface area (Å²) in [4.78, 5) is 15.5. The van der Waals surface area contributed by atoms with Crippen LogP contribution in [0, 0.1) is 6.92 Å². The zero-order chi connectivity index (χ0) is 22.7. The van der Waals surface area contributed by atoms with Crippen molar-refractivity contribution in [3.05, 3.63) is 77.6 Å². The highest BCUT2D eigenvalue weighted by molar-refractivity contribution is 5.86. The lowest BCUT2D eigenvalue weighted by molar-refractivity contribution is 0.0594. The molecule has 0 fully saturated rings. The molecule has 0 unspecified atom stereocenters. The lowest BCUT2D eigenvalue weighted by Gasteiger charge is -2.11. The molecule has 0 bridgehead atoms. The zero-order valence-electron chi connectivity index (χ0n) is 17.1. The number of halogens is 2. The van der Waals surface area contributed by atoms with Crippen LogP contribution in [0.3, 0.4) is 0 Å². The minimum absolute atomic E-state index is 0.0533. The van der Waals surface area contributed by atoms with E-state index >= 15 is 0 Å². The third-order valence-electron chi connectivity index (χ3n) is 4.69. The molecule has 0 radical (unpaired) electrons. The molecule has 32 heavy (non-hydrogen) atoms. The average molecular weight is 440 g/mol. The Hall–Kier alpha value is -4.15. The maximum Gasteiger partial charge on any atom is 0.358 e. The maximum atomic E-state index is 12.8. The van der Waals surface area contributed by atoms with Gasteiger partial charge >= 0.3 is 5.97 Å². The number of aryl methyl sites for hydroxylation is 1. The summed E-state index contributed by atoms with van der Waals surface area (Å²) in [7, 11) is 1.28. The normalized spacial score (nSPS) is 11.0. The van der Waals surface area contributed by atoms with E-state index in [-0.39, 0.29) is 23.7 Å². The van der Waals surface area contributed by atoms with Crippen molar-refractivity contribution < 1.29 is 23.0 Å². The molecule has 0 aliphatic rings. The lowest BCUT2D eigenvalue weighted by atomic mass is 10.2. The number of methoxy groups -OCH3 is 1. The number of alkyl halides is 2. The van der Waals surface area contributed by atoms with Crippen LogP contribution in [0.15, 0.2) is 55.1 Å². The fraction of sp³-hybridized carbons (Fsp3) is 0.190. The molecule has 0 spiro atoms. The molecule has 11 heteroatoms. The van der Waals surface area contributed by atoms with Crippen molar-refractivity contribution in [2.24, 2.45) is 0 Å². The first-order valence-corrected chi connectivity index (χ1v) is 9.47. The van der Waals surface area contributed by atoms with Crippen LogP contribution in [0.2, 0.25) is 0 Å². The Labute approximate surface area is 181 Å². The van der Waals surface area contributed by atoms with Gasteiger partial charge in [-0.05, 0) is 30.7 Å². The summed E-state index contributed by atoms with van der Waals surface area (Å²) >= 11 is 0. The summed E-state index contributed by atoms with van der Waals surface area (Å²) in [6.45, 7) is 2.02. The van der Waals surface area contributed by atoms with Gasteiger partial charge in [-0.15, -0.1) is 10.2 Å². The largest absolute Gasteiger partial charge is 0.470 e. The predicted molar refractivity (Wildman–Crippen MR) is 108 cm³/mol. The van der Waals surface area contributed by atoms with Gasteiger partial charge in [-0.2, -0.15) is 5.10 Å². The first kappa shape index (κ1) is 21.1. The number of aromatic nitrogens is 6. The average Bonchev–Trinajstić information content (AvgIpc) is 3.45. The van der Waals surface area contributed by atoms with Crippen LogP contribution in [0.5, 0.6) is 5.88 Å². The molecule has 164 valence electrons. The standard InChI is InChI=1S/C21H18F2N6O3/c1-13-9-25-29(15-5-3-14(4-6-15)20(22)23)17(13)11-32-19-8-7-18(26-27-19)28-10-16(24-12-28)21(30)31-2/h3-10,12,20H,11H2,1-2H3. The van der Waals surface area contributed by atoms with Crippen molar-refractivity contribution in [3.63, 3.8) is 0 Å². The van der Waals surface area contributed by atoms with Gasteiger partial charge in [0.15, 0.2) is 11.5 Å². The van der Waals surface area contributed by atoms with Gasteiger partial charge in [-0.1, -0.05) is 12.1 Å². The topological polar surface area (TPSA) is 97.0 Å². The first-order chi connectivity index (χ1) is 15.5. The van der Waals surface area contributed by atoms with Gasteiger partial charge in [0.05, 0.1) is 24.7 Å². The number of carbonyl (C=O) groups is 1. The monoisotopic (exact) mass is 440 g/mol. The van der Waals surface area contributed by atoms with E-state index in [4.69, 9.17) is 4.74 Å². The molecule has 3 heterocycles. The molecular weight excluding hydrogens is 422 g/mol. The third kappa shape index (κ3) is 4.31. The van der Waals surface area contributed by atoms with Gasteiger partial charge in [-0.3, -0.25) is 4.57 Å². The number of hydrogen-bond acceptors (Lipinski definition) is 7. The summed E-state index contributed by atoms with van der Waals surface area (Å²) in [6, 6.07) is 9.20.